The maximum atomic E-state index is 15.1. The largest absolute Gasteiger partial charge is 0.396 e. The topological polar surface area (TPSA) is 95.8 Å². The summed E-state index contributed by atoms with van der Waals surface area (Å²) >= 11 is 0. The zero-order valence-corrected chi connectivity index (χ0v) is 23.5. The normalized spacial score (nSPS) is 15.7. The van der Waals surface area contributed by atoms with Crippen LogP contribution in [0.15, 0.2) is 55.1 Å². The van der Waals surface area contributed by atoms with Gasteiger partial charge in [0.15, 0.2) is 5.65 Å². The summed E-state index contributed by atoms with van der Waals surface area (Å²) in [5, 5.41) is 3.45. The first kappa shape index (κ1) is 28.2. The van der Waals surface area contributed by atoms with Gasteiger partial charge in [-0.1, -0.05) is 25.8 Å². The highest BCUT2D eigenvalue weighted by atomic mass is 19.1. The number of hydrogen-bond acceptors (Lipinski definition) is 6. The van der Waals surface area contributed by atoms with Crippen LogP contribution in [0.25, 0.3) is 22.3 Å². The third-order valence-corrected chi connectivity index (χ3v) is 8.16. The van der Waals surface area contributed by atoms with E-state index in [1.54, 1.807) is 12.4 Å². The van der Waals surface area contributed by atoms with Crippen LogP contribution in [0.3, 0.4) is 0 Å². The number of rotatable bonds is 7. The Morgan fingerprint density at radius 3 is 2.59 bits per heavy atom. The maximum absolute atomic E-state index is 15.1. The number of terminal acetylenes is 1. The number of nitrogens with two attached hydrogens (primary N) is 1. The van der Waals surface area contributed by atoms with E-state index >= 15 is 4.39 Å². The third-order valence-electron chi connectivity index (χ3n) is 8.16. The number of aromatic amines is 1. The van der Waals surface area contributed by atoms with Crippen molar-refractivity contribution in [1.29, 1.82) is 0 Å². The monoisotopic (exact) mass is 551 g/mol. The molecule has 8 heteroatoms. The number of nitrogens with one attached hydrogen (secondary N) is 2. The quantitative estimate of drug-likeness (QED) is 0.168. The van der Waals surface area contributed by atoms with Gasteiger partial charge in [0.05, 0.1) is 23.3 Å². The summed E-state index contributed by atoms with van der Waals surface area (Å²) < 4.78 is 15.1. The van der Waals surface area contributed by atoms with Crippen LogP contribution >= 0.6 is 0 Å². The summed E-state index contributed by atoms with van der Waals surface area (Å²) in [7, 11) is 0. The Kier molecular flexibility index (Phi) is 8.83. The average Bonchev–Trinajstić information content (AvgIpc) is 3.44. The number of imidazole rings is 1. The first-order valence-electron chi connectivity index (χ1n) is 14.5. The van der Waals surface area contributed by atoms with E-state index in [9.17, 15) is 0 Å². The number of H-pyrrole nitrogens is 1. The molecule has 212 valence electrons. The molecule has 1 aliphatic carbocycles. The molecule has 1 saturated carbocycles. The van der Waals surface area contributed by atoms with Crippen molar-refractivity contribution in [2.75, 3.05) is 29.0 Å². The number of nitrogens with zero attached hydrogens (tertiary/aromatic N) is 4. The van der Waals surface area contributed by atoms with Crippen LogP contribution in [0.5, 0.6) is 0 Å². The molecular weight excluding hydrogens is 513 g/mol. The lowest BCUT2D eigenvalue weighted by Crippen LogP contribution is -2.29. The van der Waals surface area contributed by atoms with Gasteiger partial charge < -0.3 is 20.9 Å². The van der Waals surface area contributed by atoms with E-state index in [0.717, 1.165) is 46.8 Å². The molecule has 3 aromatic heterocycles. The Morgan fingerprint density at radius 2 is 1.80 bits per heavy atom. The second-order valence-corrected chi connectivity index (χ2v) is 10.9. The predicted octanol–water partition coefficient (Wildman–Crippen LogP) is 7.08. The number of nitrogen functional groups attached to an aromatic ring is 1. The van der Waals surface area contributed by atoms with Crippen molar-refractivity contribution >= 4 is 28.2 Å². The van der Waals surface area contributed by atoms with E-state index < -0.39 is 5.82 Å². The van der Waals surface area contributed by atoms with Gasteiger partial charge in [-0.3, -0.25) is 4.98 Å². The highest BCUT2D eigenvalue weighted by Crippen LogP contribution is 2.33. The zero-order valence-electron chi connectivity index (χ0n) is 23.5. The molecule has 0 radical (unpaired) electrons. The Hall–Kier alpha value is -4.38. The Bertz CT molecular complexity index is 1530. The fraction of sp³-hybridized carbons (Fsp3) is 0.364. The summed E-state index contributed by atoms with van der Waals surface area (Å²) in [4.78, 5) is 19.5. The van der Waals surface area contributed by atoms with Crippen molar-refractivity contribution in [3.63, 3.8) is 0 Å². The number of pyridine rings is 2. The molecule has 0 bridgehead atoms. The van der Waals surface area contributed by atoms with Crippen LogP contribution in [0, 0.1) is 24.6 Å². The number of anilines is 3. The van der Waals surface area contributed by atoms with Gasteiger partial charge in [-0.25, -0.2) is 14.4 Å². The zero-order chi connectivity index (χ0) is 28.8. The van der Waals surface area contributed by atoms with Crippen LogP contribution in [0.2, 0.25) is 0 Å². The predicted molar refractivity (Wildman–Crippen MR) is 166 cm³/mol. The summed E-state index contributed by atoms with van der Waals surface area (Å²) in [6, 6.07) is 7.44. The molecular formula is C33H38FN7. The molecule has 7 nitrogen and oxygen atoms in total. The number of fused-ring (bicyclic) bond motifs is 1. The van der Waals surface area contributed by atoms with Crippen LogP contribution in [-0.4, -0.2) is 33.0 Å². The number of halogens is 1. The van der Waals surface area contributed by atoms with Crippen molar-refractivity contribution in [3.8, 4) is 24.0 Å². The highest BCUT2D eigenvalue weighted by molar-refractivity contribution is 5.86. The molecule has 1 aromatic carbocycles. The lowest BCUT2D eigenvalue weighted by molar-refractivity contribution is 0.405. The van der Waals surface area contributed by atoms with E-state index in [1.807, 2.05) is 24.4 Å². The second-order valence-electron chi connectivity index (χ2n) is 10.9. The average molecular weight is 552 g/mol. The molecule has 4 aromatic rings. The minimum Gasteiger partial charge on any atom is -0.396 e. The lowest BCUT2D eigenvalue weighted by atomic mass is 9.87. The molecule has 4 N–H and O–H groups in total. The van der Waals surface area contributed by atoms with E-state index in [4.69, 9.17) is 10.7 Å². The van der Waals surface area contributed by atoms with Crippen molar-refractivity contribution in [2.24, 2.45) is 5.92 Å². The van der Waals surface area contributed by atoms with Crippen LogP contribution in [-0.2, 0) is 6.42 Å². The molecule has 0 unspecified atom stereocenters. The van der Waals surface area contributed by atoms with Crippen molar-refractivity contribution in [1.82, 2.24) is 19.9 Å². The Labute approximate surface area is 241 Å². The maximum Gasteiger partial charge on any atom is 0.179 e. The first-order valence-corrected chi connectivity index (χ1v) is 14.5. The first-order chi connectivity index (χ1) is 20.0. The van der Waals surface area contributed by atoms with Crippen LogP contribution < -0.4 is 16.0 Å². The van der Waals surface area contributed by atoms with Crippen LogP contribution in [0.1, 0.15) is 62.8 Å². The van der Waals surface area contributed by atoms with E-state index in [0.29, 0.717) is 29.4 Å². The van der Waals surface area contributed by atoms with E-state index in [-0.39, 0.29) is 5.69 Å². The molecule has 0 spiro atoms. The van der Waals surface area contributed by atoms with Gasteiger partial charge in [-0.05, 0) is 73.4 Å². The Morgan fingerprint density at radius 1 is 1.05 bits per heavy atom. The van der Waals surface area contributed by atoms with Crippen molar-refractivity contribution in [3.05, 3.63) is 72.3 Å². The number of aromatic nitrogens is 4. The molecule has 0 amide bonds. The van der Waals surface area contributed by atoms with Gasteiger partial charge in [-0.2, -0.15) is 0 Å². The summed E-state index contributed by atoms with van der Waals surface area (Å²) in [6.45, 7) is 6.35. The van der Waals surface area contributed by atoms with Gasteiger partial charge >= 0.3 is 0 Å². The summed E-state index contributed by atoms with van der Waals surface area (Å²) in [5.41, 5.74) is 13.2. The second kappa shape index (κ2) is 12.9. The van der Waals surface area contributed by atoms with Gasteiger partial charge in [0.25, 0.3) is 0 Å². The summed E-state index contributed by atoms with van der Waals surface area (Å²) in [6.07, 6.45) is 23.5. The number of benzene rings is 1. The minimum absolute atomic E-state index is 0.135. The van der Waals surface area contributed by atoms with Crippen LogP contribution in [0.4, 0.5) is 21.5 Å². The highest BCUT2D eigenvalue weighted by Gasteiger charge is 2.19. The van der Waals surface area contributed by atoms with Crippen molar-refractivity contribution in [2.45, 2.75) is 57.8 Å². The molecule has 2 aliphatic rings. The minimum atomic E-state index is -0.448. The molecule has 1 saturated heterocycles. The SMILES string of the molecule is C#C.C=C(Nc1cncc(-c2cc(F)c(N)c(Cc3nc4nccc(N5CCCCC5)c4[nH]3)c2)c1)C1CCCCC1. The van der Waals surface area contributed by atoms with Gasteiger partial charge in [0.1, 0.15) is 17.2 Å². The van der Waals surface area contributed by atoms with Gasteiger partial charge in [0.2, 0.25) is 0 Å². The fourth-order valence-corrected chi connectivity index (χ4v) is 6.00. The smallest absolute Gasteiger partial charge is 0.179 e. The summed E-state index contributed by atoms with van der Waals surface area (Å²) in [5.74, 6) is 0.745. The third kappa shape index (κ3) is 6.35. The molecule has 6 rings (SSSR count). The molecule has 41 heavy (non-hydrogen) atoms. The van der Waals surface area contributed by atoms with Crippen molar-refractivity contribution < 1.29 is 4.39 Å². The molecule has 2 fully saturated rings. The van der Waals surface area contributed by atoms with E-state index in [1.165, 1.54) is 57.4 Å². The van der Waals surface area contributed by atoms with Gasteiger partial charge in [0, 0.05) is 43.2 Å². The number of hydrogen-bond donors (Lipinski definition) is 3. The molecule has 4 heterocycles. The number of piperidine rings is 1. The standard InChI is InChI=1S/C31H36FN7.C2H2/c1-20(21-8-4-2-5-9-21)36-25-15-24(18-34-19-25)22-14-23(29(33)26(32)16-22)17-28-37-30-27(10-11-35-31(30)38-28)39-12-6-3-7-13-39;1-2/h10-11,14-16,18-19,21,36H,1-9,12-13,17,33H2,(H,35,37,38);1-2H. The molecule has 0 atom stereocenters. The Balaban J connectivity index is 0.00000165. The number of allylic oxidation sites excluding steroid dienone is 1. The fourth-order valence-electron chi connectivity index (χ4n) is 6.00. The van der Waals surface area contributed by atoms with E-state index in [2.05, 4.69) is 44.6 Å². The molecule has 1 aliphatic heterocycles. The van der Waals surface area contributed by atoms with Gasteiger partial charge in [-0.15, -0.1) is 12.8 Å². The lowest BCUT2D eigenvalue weighted by Gasteiger charge is -2.28.